The molecule has 0 rings (SSSR count). The summed E-state index contributed by atoms with van der Waals surface area (Å²) >= 11 is 1.58. The van der Waals surface area contributed by atoms with Crippen LogP contribution in [0.15, 0.2) is 0 Å². The second-order valence-corrected chi connectivity index (χ2v) is 0. The predicted molar refractivity (Wildman–Crippen MR) is 19.1 cm³/mol. The van der Waals surface area contributed by atoms with Crippen LogP contribution in [0.1, 0.15) is 0 Å². The Bertz CT molecular complexity index is 8.00. The molecule has 0 bridgehead atoms. The van der Waals surface area contributed by atoms with Gasteiger partial charge in [-0.25, -0.2) is 0 Å². The van der Waals surface area contributed by atoms with E-state index in [0.717, 1.165) is 0 Å². The molecule has 0 aromatic rings. The van der Waals surface area contributed by atoms with Crippen LogP contribution < -0.4 is 0 Å². The second-order valence-electron chi connectivity index (χ2n) is 0. The molecular formula is CdGeInS. The molecule has 0 unspecified atom stereocenters. The Morgan fingerprint density at radius 2 is 1.25 bits per heavy atom. The van der Waals surface area contributed by atoms with Crippen molar-refractivity contribution in [3.8, 4) is 0 Å². The maximum atomic E-state index is 4.08. The van der Waals surface area contributed by atoms with E-state index in [-0.39, 0.29) is 53.1 Å². The van der Waals surface area contributed by atoms with Crippen molar-refractivity contribution >= 4 is 51.2 Å². The van der Waals surface area contributed by atoms with Crippen LogP contribution in [0.5, 0.6) is 0 Å². The Labute approximate surface area is 77.1 Å². The molecule has 5 radical (unpaired) electrons. The molecule has 0 aliphatic heterocycles. The van der Waals surface area contributed by atoms with Crippen molar-refractivity contribution in [1.29, 1.82) is 0 Å². The van der Waals surface area contributed by atoms with Crippen LogP contribution in [-0.4, -0.2) is 40.7 Å². The molecule has 0 saturated carbocycles. The van der Waals surface area contributed by atoms with Crippen LogP contribution in [-0.2, 0) is 27.3 Å². The van der Waals surface area contributed by atoms with Gasteiger partial charge in [0.1, 0.15) is 0 Å². The second kappa shape index (κ2) is 17.7. The summed E-state index contributed by atoms with van der Waals surface area (Å²) in [5, 5.41) is 0. The van der Waals surface area contributed by atoms with Crippen molar-refractivity contribution in [2.75, 3.05) is 0 Å². The average molecular weight is 332 g/mol. The first-order valence-corrected chi connectivity index (χ1v) is 3.18. The molecule has 0 aliphatic carbocycles. The Hall–Kier alpha value is 2.56. The molecule has 0 spiro atoms. The third-order valence-electron chi connectivity index (χ3n) is 0. The van der Waals surface area contributed by atoms with Crippen molar-refractivity contribution in [3.05, 3.63) is 0 Å². The molecule has 0 aliphatic rings. The average Bonchev–Trinajstić information content (AvgIpc) is 1.00. The number of hydrogen-bond acceptors (Lipinski definition) is 1. The molecule has 0 aromatic carbocycles. The summed E-state index contributed by atoms with van der Waals surface area (Å²) in [5.74, 6) is 0. The van der Waals surface area contributed by atoms with Gasteiger partial charge in [0.05, 0.1) is 0 Å². The number of rotatable bonds is 0. The van der Waals surface area contributed by atoms with Gasteiger partial charge >= 0.3 is 25.3 Å². The minimum atomic E-state index is 0. The molecule has 0 amide bonds. The van der Waals surface area contributed by atoms with E-state index >= 15 is 0 Å². The first-order chi connectivity index (χ1) is 1.00. The van der Waals surface area contributed by atoms with E-state index in [1.807, 2.05) is 0 Å². The zero-order valence-corrected chi connectivity index (χ0v) is 12.4. The standard InChI is InChI=1S/Cd.GeS.In/c;1-2;. The molecule has 0 N–H and O–H groups in total. The summed E-state index contributed by atoms with van der Waals surface area (Å²) in [4.78, 5) is 0. The van der Waals surface area contributed by atoms with Crippen LogP contribution in [0.2, 0.25) is 0 Å². The van der Waals surface area contributed by atoms with E-state index in [4.69, 9.17) is 0 Å². The van der Waals surface area contributed by atoms with E-state index < -0.39 is 0 Å². The van der Waals surface area contributed by atoms with Crippen LogP contribution >= 0.6 is 10.5 Å². The molecule has 0 atom stereocenters. The SMILES string of the molecule is [Cd].[In].[S]=[Ge]. The molecule has 0 nitrogen and oxygen atoms in total. The Morgan fingerprint density at radius 3 is 1.25 bits per heavy atom. The van der Waals surface area contributed by atoms with Crippen LogP contribution in [0.25, 0.3) is 0 Å². The molecule has 0 aromatic heterocycles. The fourth-order valence-corrected chi connectivity index (χ4v) is 0. The van der Waals surface area contributed by atoms with E-state index in [9.17, 15) is 0 Å². The topological polar surface area (TPSA) is 0 Å². The van der Waals surface area contributed by atoms with Crippen molar-refractivity contribution in [3.63, 3.8) is 0 Å². The van der Waals surface area contributed by atoms with Crippen molar-refractivity contribution < 1.29 is 27.3 Å². The monoisotopic (exact) mass is 335 g/mol. The van der Waals surface area contributed by atoms with E-state index in [0.29, 0.717) is 0 Å². The number of hydrogen-bond donors (Lipinski definition) is 0. The van der Waals surface area contributed by atoms with Gasteiger partial charge in [0.15, 0.2) is 0 Å². The quantitative estimate of drug-likeness (QED) is 0.558. The molecule has 4 heteroatoms. The molecular weight excluding hydrogens is 332 g/mol. The van der Waals surface area contributed by atoms with Gasteiger partial charge in [-0.1, -0.05) is 0 Å². The van der Waals surface area contributed by atoms with Gasteiger partial charge in [-0.15, -0.1) is 0 Å². The summed E-state index contributed by atoms with van der Waals surface area (Å²) in [5.41, 5.74) is 0. The zero-order valence-electron chi connectivity index (χ0n) is 2.19. The summed E-state index contributed by atoms with van der Waals surface area (Å²) < 4.78 is 0. The first-order valence-electron chi connectivity index (χ1n) is 0.204. The normalized spacial score (nSPS) is 1.00. The van der Waals surface area contributed by atoms with Gasteiger partial charge in [-0.2, -0.15) is 0 Å². The third kappa shape index (κ3) is 8.82. The first kappa shape index (κ1) is 16.0. The van der Waals surface area contributed by atoms with E-state index in [1.165, 1.54) is 0 Å². The van der Waals surface area contributed by atoms with Crippen molar-refractivity contribution in [1.82, 2.24) is 0 Å². The maximum absolute atomic E-state index is 4.08. The van der Waals surface area contributed by atoms with Crippen LogP contribution in [0, 0.1) is 0 Å². The van der Waals surface area contributed by atoms with Gasteiger partial charge in [0.2, 0.25) is 0 Å². The van der Waals surface area contributed by atoms with Gasteiger partial charge in [0, 0.05) is 53.1 Å². The van der Waals surface area contributed by atoms with Gasteiger partial charge in [-0.3, -0.25) is 0 Å². The fraction of sp³-hybridized carbons (Fsp3) is 0. The van der Waals surface area contributed by atoms with Crippen molar-refractivity contribution in [2.45, 2.75) is 0 Å². The molecule has 0 saturated heterocycles. The zero-order chi connectivity index (χ0) is 2.00. The summed E-state index contributed by atoms with van der Waals surface area (Å²) in [7, 11) is 4.08. The molecule has 15 valence electrons. The van der Waals surface area contributed by atoms with E-state index in [1.54, 1.807) is 14.9 Å². The fourth-order valence-electron chi connectivity index (χ4n) is 0. The molecule has 0 heterocycles. The van der Waals surface area contributed by atoms with Gasteiger partial charge < -0.3 is 0 Å². The Balaban J connectivity index is -0.00000000500. The predicted octanol–water partition coefficient (Wildman–Crippen LogP) is -0.116. The van der Waals surface area contributed by atoms with Crippen LogP contribution in [0.4, 0.5) is 0 Å². The Kier molecular flexibility index (Phi) is 70.6. The molecule has 0 fully saturated rings. The third-order valence-corrected chi connectivity index (χ3v) is 0. The van der Waals surface area contributed by atoms with Gasteiger partial charge in [0.25, 0.3) is 0 Å². The minimum absolute atomic E-state index is 0. The van der Waals surface area contributed by atoms with Crippen molar-refractivity contribution in [2.24, 2.45) is 0 Å². The summed E-state index contributed by atoms with van der Waals surface area (Å²) in [6.07, 6.45) is 0. The molecule has 4 heavy (non-hydrogen) atoms. The summed E-state index contributed by atoms with van der Waals surface area (Å²) in [6.45, 7) is 0. The van der Waals surface area contributed by atoms with Crippen LogP contribution in [0.3, 0.4) is 0 Å². The van der Waals surface area contributed by atoms with E-state index in [2.05, 4.69) is 10.5 Å². The Morgan fingerprint density at radius 1 is 1.25 bits per heavy atom. The summed E-state index contributed by atoms with van der Waals surface area (Å²) in [6, 6.07) is 0. The van der Waals surface area contributed by atoms with Gasteiger partial charge in [-0.05, 0) is 0 Å².